The molecule has 0 spiro atoms. The fourth-order valence-electron chi connectivity index (χ4n) is 1.60. The van der Waals surface area contributed by atoms with E-state index in [4.69, 9.17) is 0 Å². The highest BCUT2D eigenvalue weighted by molar-refractivity contribution is 7.93. The summed E-state index contributed by atoms with van der Waals surface area (Å²) in [6.45, 7) is 0. The minimum Gasteiger partial charge on any atom is -0.275 e. The quantitative estimate of drug-likeness (QED) is 0.934. The van der Waals surface area contributed by atoms with Crippen molar-refractivity contribution in [2.24, 2.45) is 0 Å². The molecule has 0 aliphatic heterocycles. The van der Waals surface area contributed by atoms with Crippen LogP contribution in [0.25, 0.3) is 12.2 Å². The number of anilines is 1. The highest BCUT2D eigenvalue weighted by Crippen LogP contribution is 2.27. The fourth-order valence-corrected chi connectivity index (χ4v) is 2.19. The van der Waals surface area contributed by atoms with Crippen LogP contribution in [0.5, 0.6) is 0 Å². The van der Waals surface area contributed by atoms with Gasteiger partial charge < -0.3 is 0 Å². The topological polar surface area (TPSA) is 59.1 Å². The van der Waals surface area contributed by atoms with Crippen molar-refractivity contribution in [2.45, 2.75) is 5.51 Å². The molecule has 2 rings (SSSR count). The van der Waals surface area contributed by atoms with Gasteiger partial charge in [-0.3, -0.25) is 9.71 Å². The van der Waals surface area contributed by atoms with Crippen LogP contribution in [0.15, 0.2) is 48.8 Å². The van der Waals surface area contributed by atoms with Crippen molar-refractivity contribution in [2.75, 3.05) is 4.72 Å². The molecule has 0 saturated heterocycles. The van der Waals surface area contributed by atoms with Crippen molar-refractivity contribution < 1.29 is 21.6 Å². The van der Waals surface area contributed by atoms with Gasteiger partial charge in [-0.15, -0.1) is 0 Å². The Hall–Kier alpha value is -2.35. The Balaban J connectivity index is 2.30. The van der Waals surface area contributed by atoms with Gasteiger partial charge >= 0.3 is 15.5 Å². The van der Waals surface area contributed by atoms with Gasteiger partial charge in [0.2, 0.25) is 0 Å². The highest BCUT2D eigenvalue weighted by Gasteiger charge is 2.46. The van der Waals surface area contributed by atoms with E-state index in [1.807, 2.05) is 0 Å². The maximum Gasteiger partial charge on any atom is 0.516 e. The number of benzene rings is 1. The van der Waals surface area contributed by atoms with Crippen molar-refractivity contribution in [3.8, 4) is 0 Å². The monoisotopic (exact) mass is 328 g/mol. The number of nitrogens with zero attached hydrogens (tertiary/aromatic N) is 1. The third kappa shape index (κ3) is 3.85. The Morgan fingerprint density at radius 1 is 1.05 bits per heavy atom. The standard InChI is InChI=1S/C14H11F3N2O2S/c15-14(16,17)22(20,21)19-13-6-2-1-5-12(13)8-7-11-4-3-9-18-10-11/h1-10,19H/b8-7+. The lowest BCUT2D eigenvalue weighted by molar-refractivity contribution is -0.0429. The van der Waals surface area contributed by atoms with Gasteiger partial charge in [-0.25, -0.2) is 0 Å². The largest absolute Gasteiger partial charge is 0.516 e. The normalized spacial score (nSPS) is 12.5. The summed E-state index contributed by atoms with van der Waals surface area (Å²) >= 11 is 0. The average molecular weight is 328 g/mol. The lowest BCUT2D eigenvalue weighted by Gasteiger charge is -2.12. The second-order valence-corrected chi connectivity index (χ2v) is 5.93. The molecule has 0 aliphatic rings. The maximum atomic E-state index is 12.4. The molecule has 1 heterocycles. The second kappa shape index (κ2) is 6.18. The third-order valence-electron chi connectivity index (χ3n) is 2.65. The van der Waals surface area contributed by atoms with E-state index in [0.29, 0.717) is 5.56 Å². The number of alkyl halides is 3. The Labute approximate surface area is 125 Å². The number of halogens is 3. The van der Waals surface area contributed by atoms with E-state index in [-0.39, 0.29) is 5.69 Å². The first-order chi connectivity index (χ1) is 10.3. The van der Waals surface area contributed by atoms with E-state index >= 15 is 0 Å². The van der Waals surface area contributed by atoms with Crippen molar-refractivity contribution in [3.05, 3.63) is 59.9 Å². The number of pyridine rings is 1. The van der Waals surface area contributed by atoms with Gasteiger partial charge in [-0.1, -0.05) is 36.4 Å². The molecule has 0 amide bonds. The summed E-state index contributed by atoms with van der Waals surface area (Å²) in [5.74, 6) is 0. The number of aromatic nitrogens is 1. The zero-order chi connectivity index (χ0) is 16.2. The van der Waals surface area contributed by atoms with E-state index in [2.05, 4.69) is 4.98 Å². The van der Waals surface area contributed by atoms with E-state index < -0.39 is 15.5 Å². The van der Waals surface area contributed by atoms with Crippen molar-refractivity contribution in [3.63, 3.8) is 0 Å². The number of rotatable bonds is 4. The Kier molecular flexibility index (Phi) is 4.51. The van der Waals surface area contributed by atoms with E-state index in [9.17, 15) is 21.6 Å². The van der Waals surface area contributed by atoms with E-state index in [1.165, 1.54) is 24.3 Å². The van der Waals surface area contributed by atoms with Crippen LogP contribution >= 0.6 is 0 Å². The minimum atomic E-state index is -5.45. The molecule has 1 aromatic heterocycles. The van der Waals surface area contributed by atoms with Gasteiger partial charge in [-0.05, 0) is 23.3 Å². The van der Waals surface area contributed by atoms with Crippen LogP contribution in [0.3, 0.4) is 0 Å². The molecule has 116 valence electrons. The lowest BCUT2D eigenvalue weighted by atomic mass is 10.1. The smallest absolute Gasteiger partial charge is 0.275 e. The van der Waals surface area contributed by atoms with Crippen LogP contribution in [0.4, 0.5) is 18.9 Å². The molecular formula is C14H11F3N2O2S. The highest BCUT2D eigenvalue weighted by atomic mass is 32.2. The number of sulfonamides is 1. The minimum absolute atomic E-state index is 0.153. The maximum absolute atomic E-state index is 12.4. The predicted molar refractivity (Wildman–Crippen MR) is 78.2 cm³/mol. The zero-order valence-electron chi connectivity index (χ0n) is 11.1. The molecule has 0 radical (unpaired) electrons. The average Bonchev–Trinajstić information content (AvgIpc) is 2.46. The predicted octanol–water partition coefficient (Wildman–Crippen LogP) is 3.51. The number of hydrogen-bond donors (Lipinski definition) is 1. The SMILES string of the molecule is O=S(=O)(Nc1ccccc1/C=C/c1cccnc1)C(F)(F)F. The van der Waals surface area contributed by atoms with Gasteiger partial charge in [0.25, 0.3) is 0 Å². The summed E-state index contributed by atoms with van der Waals surface area (Å²) < 4.78 is 61.2. The van der Waals surface area contributed by atoms with Crippen molar-refractivity contribution in [1.29, 1.82) is 0 Å². The van der Waals surface area contributed by atoms with E-state index in [1.54, 1.807) is 41.4 Å². The molecule has 0 aliphatic carbocycles. The van der Waals surface area contributed by atoms with Gasteiger partial charge in [0, 0.05) is 12.4 Å². The first-order valence-electron chi connectivity index (χ1n) is 6.06. The summed E-state index contributed by atoms with van der Waals surface area (Å²) in [4.78, 5) is 3.90. The third-order valence-corrected chi connectivity index (χ3v) is 3.75. The molecule has 4 nitrogen and oxygen atoms in total. The first kappa shape index (κ1) is 16.0. The number of nitrogens with one attached hydrogen (secondary N) is 1. The number of hydrogen-bond acceptors (Lipinski definition) is 3. The molecule has 2 aromatic rings. The molecule has 0 saturated carbocycles. The van der Waals surface area contributed by atoms with Crippen LogP contribution < -0.4 is 4.72 Å². The summed E-state index contributed by atoms with van der Waals surface area (Å²) in [5.41, 5.74) is -4.48. The Morgan fingerprint density at radius 2 is 1.77 bits per heavy atom. The van der Waals surface area contributed by atoms with Crippen LogP contribution in [-0.4, -0.2) is 18.9 Å². The fraction of sp³-hybridized carbons (Fsp3) is 0.0714. The Morgan fingerprint density at radius 3 is 2.41 bits per heavy atom. The van der Waals surface area contributed by atoms with Crippen molar-refractivity contribution >= 4 is 27.9 Å². The van der Waals surface area contributed by atoms with Gasteiger partial charge in [0.15, 0.2) is 0 Å². The molecule has 0 fully saturated rings. The molecule has 8 heteroatoms. The summed E-state index contributed by atoms with van der Waals surface area (Å²) in [6.07, 6.45) is 6.28. The summed E-state index contributed by atoms with van der Waals surface area (Å²) in [6, 6.07) is 9.25. The van der Waals surface area contributed by atoms with Crippen LogP contribution in [0, 0.1) is 0 Å². The molecule has 0 bridgehead atoms. The lowest BCUT2D eigenvalue weighted by Crippen LogP contribution is -2.30. The molecule has 1 N–H and O–H groups in total. The van der Waals surface area contributed by atoms with Crippen LogP contribution in [0.1, 0.15) is 11.1 Å². The van der Waals surface area contributed by atoms with Gasteiger partial charge in [-0.2, -0.15) is 21.6 Å². The summed E-state index contributed by atoms with van der Waals surface area (Å²) in [7, 11) is -5.45. The molecule has 22 heavy (non-hydrogen) atoms. The van der Waals surface area contributed by atoms with Crippen LogP contribution in [0.2, 0.25) is 0 Å². The summed E-state index contributed by atoms with van der Waals surface area (Å²) in [5, 5.41) is 0. The van der Waals surface area contributed by atoms with Gasteiger partial charge in [0.1, 0.15) is 0 Å². The Bertz CT molecular complexity index is 772. The zero-order valence-corrected chi connectivity index (χ0v) is 11.9. The van der Waals surface area contributed by atoms with Crippen molar-refractivity contribution in [1.82, 2.24) is 4.98 Å². The first-order valence-corrected chi connectivity index (χ1v) is 7.54. The molecule has 0 atom stereocenters. The molecule has 0 unspecified atom stereocenters. The van der Waals surface area contributed by atoms with Crippen LogP contribution in [-0.2, 0) is 10.0 Å². The van der Waals surface area contributed by atoms with Gasteiger partial charge in [0.05, 0.1) is 5.69 Å². The van der Waals surface area contributed by atoms with E-state index in [0.717, 1.165) is 5.56 Å². The molecule has 1 aromatic carbocycles. The second-order valence-electron chi connectivity index (χ2n) is 4.26. The molecular weight excluding hydrogens is 317 g/mol. The number of para-hydroxylation sites is 1.